The van der Waals surface area contributed by atoms with Crippen LogP contribution in [0.2, 0.25) is 0 Å². The Bertz CT molecular complexity index is 633. The van der Waals surface area contributed by atoms with Crippen LogP contribution in [0.5, 0.6) is 0 Å². The van der Waals surface area contributed by atoms with Gasteiger partial charge in [-0.15, -0.1) is 5.10 Å². The molecule has 1 aliphatic heterocycles. The highest BCUT2D eigenvalue weighted by atomic mass is 19.1. The Hall–Kier alpha value is -2.08. The monoisotopic (exact) mass is 303 g/mol. The molecule has 3 rings (SSSR count). The van der Waals surface area contributed by atoms with Gasteiger partial charge >= 0.3 is 0 Å². The van der Waals surface area contributed by atoms with Crippen LogP contribution in [0.15, 0.2) is 30.6 Å². The molecule has 1 fully saturated rings. The van der Waals surface area contributed by atoms with Crippen LogP contribution >= 0.6 is 0 Å². The number of aromatic nitrogens is 3. The van der Waals surface area contributed by atoms with E-state index < -0.39 is 0 Å². The van der Waals surface area contributed by atoms with Crippen LogP contribution in [0.3, 0.4) is 0 Å². The molecule has 0 amide bonds. The van der Waals surface area contributed by atoms with E-state index in [1.54, 1.807) is 11.0 Å². The molecule has 1 aliphatic rings. The summed E-state index contributed by atoms with van der Waals surface area (Å²) < 4.78 is 19.9. The fourth-order valence-corrected chi connectivity index (χ4v) is 2.59. The molecule has 0 atom stereocenters. The maximum atomic E-state index is 12.9. The lowest BCUT2D eigenvalue weighted by molar-refractivity contribution is 0.0623. The maximum absolute atomic E-state index is 12.9. The minimum absolute atomic E-state index is 0.151. The van der Waals surface area contributed by atoms with Gasteiger partial charge in [-0.25, -0.2) is 9.37 Å². The smallest absolute Gasteiger partial charge is 0.232 e. The van der Waals surface area contributed by atoms with Gasteiger partial charge in [-0.2, -0.15) is 0 Å². The molecule has 1 saturated heterocycles. The van der Waals surface area contributed by atoms with Gasteiger partial charge in [-0.3, -0.25) is 9.48 Å². The van der Waals surface area contributed by atoms with E-state index in [0.29, 0.717) is 11.5 Å². The van der Waals surface area contributed by atoms with E-state index in [4.69, 9.17) is 4.74 Å². The van der Waals surface area contributed by atoms with Crippen molar-refractivity contribution >= 4 is 5.78 Å². The molecule has 2 heterocycles. The summed E-state index contributed by atoms with van der Waals surface area (Å²) in [7, 11) is 0. The van der Waals surface area contributed by atoms with Crippen molar-refractivity contribution in [3.8, 4) is 0 Å². The standard InChI is InChI=1S/C16H18FN3O2/c17-14-3-1-13(2-4-14)15(21)16-18-11-20(19-16)8-5-12-6-9-22-10-7-12/h1-4,11-12H,5-10H2. The van der Waals surface area contributed by atoms with Crippen LogP contribution in [0, 0.1) is 11.7 Å². The molecule has 0 radical (unpaired) electrons. The Balaban J connectivity index is 1.60. The summed E-state index contributed by atoms with van der Waals surface area (Å²) in [6.45, 7) is 2.40. The number of aryl methyl sites for hydroxylation is 1. The Morgan fingerprint density at radius 3 is 2.73 bits per heavy atom. The zero-order valence-corrected chi connectivity index (χ0v) is 12.2. The minimum atomic E-state index is -0.369. The van der Waals surface area contributed by atoms with Crippen molar-refractivity contribution in [3.63, 3.8) is 0 Å². The molecule has 1 aromatic carbocycles. The molecule has 5 nitrogen and oxygen atoms in total. The predicted octanol–water partition coefficient (Wildman–Crippen LogP) is 2.46. The van der Waals surface area contributed by atoms with E-state index >= 15 is 0 Å². The summed E-state index contributed by atoms with van der Waals surface area (Å²) in [6.07, 6.45) is 4.75. The lowest BCUT2D eigenvalue weighted by atomic mass is 9.97. The van der Waals surface area contributed by atoms with Gasteiger partial charge in [0.2, 0.25) is 11.6 Å². The second-order valence-corrected chi connectivity index (χ2v) is 5.51. The second kappa shape index (κ2) is 6.79. The van der Waals surface area contributed by atoms with Crippen molar-refractivity contribution in [1.29, 1.82) is 0 Å². The summed E-state index contributed by atoms with van der Waals surface area (Å²) in [5, 5.41) is 4.22. The first kappa shape index (κ1) is 14.8. The molecule has 0 N–H and O–H groups in total. The number of benzene rings is 1. The van der Waals surface area contributed by atoms with Crippen molar-refractivity contribution in [3.05, 3.63) is 47.8 Å². The number of rotatable bonds is 5. The molecule has 6 heteroatoms. The summed E-state index contributed by atoms with van der Waals surface area (Å²) in [5.41, 5.74) is 0.392. The third kappa shape index (κ3) is 3.57. The normalized spacial score (nSPS) is 15.9. The Kier molecular flexibility index (Phi) is 4.58. The van der Waals surface area contributed by atoms with E-state index in [1.165, 1.54) is 24.3 Å². The molecule has 22 heavy (non-hydrogen) atoms. The molecule has 0 spiro atoms. The number of hydrogen-bond donors (Lipinski definition) is 0. The lowest BCUT2D eigenvalue weighted by Gasteiger charge is -2.21. The average molecular weight is 303 g/mol. The number of hydrogen-bond acceptors (Lipinski definition) is 4. The third-order valence-electron chi connectivity index (χ3n) is 3.95. The first-order chi connectivity index (χ1) is 10.7. The van der Waals surface area contributed by atoms with Crippen LogP contribution in [0.25, 0.3) is 0 Å². The molecule has 116 valence electrons. The van der Waals surface area contributed by atoms with Gasteiger partial charge in [-0.1, -0.05) is 0 Å². The summed E-state index contributed by atoms with van der Waals surface area (Å²) >= 11 is 0. The molecule has 0 unspecified atom stereocenters. The van der Waals surface area contributed by atoms with Gasteiger partial charge in [0.05, 0.1) is 0 Å². The molecular formula is C16H18FN3O2. The van der Waals surface area contributed by atoms with Crippen molar-refractivity contribution in [2.75, 3.05) is 13.2 Å². The largest absolute Gasteiger partial charge is 0.381 e. The van der Waals surface area contributed by atoms with Crippen LogP contribution < -0.4 is 0 Å². The predicted molar refractivity (Wildman–Crippen MR) is 78.0 cm³/mol. The minimum Gasteiger partial charge on any atom is -0.381 e. The van der Waals surface area contributed by atoms with Crippen molar-refractivity contribution < 1.29 is 13.9 Å². The highest BCUT2D eigenvalue weighted by Gasteiger charge is 2.16. The highest BCUT2D eigenvalue weighted by Crippen LogP contribution is 2.19. The molecule has 0 bridgehead atoms. The van der Waals surface area contributed by atoms with E-state index in [2.05, 4.69) is 10.1 Å². The fraction of sp³-hybridized carbons (Fsp3) is 0.438. The van der Waals surface area contributed by atoms with Crippen LogP contribution in [-0.4, -0.2) is 33.8 Å². The zero-order valence-electron chi connectivity index (χ0n) is 12.2. The molecule has 0 aliphatic carbocycles. The van der Waals surface area contributed by atoms with Gasteiger partial charge in [-0.05, 0) is 49.4 Å². The lowest BCUT2D eigenvalue weighted by Crippen LogP contribution is -2.17. The van der Waals surface area contributed by atoms with Gasteiger partial charge < -0.3 is 4.74 Å². The van der Waals surface area contributed by atoms with Crippen LogP contribution in [0.4, 0.5) is 4.39 Å². The van der Waals surface area contributed by atoms with E-state index in [9.17, 15) is 9.18 Å². The number of carbonyl (C=O) groups excluding carboxylic acids is 1. The van der Waals surface area contributed by atoms with E-state index in [-0.39, 0.29) is 17.4 Å². The van der Waals surface area contributed by atoms with Gasteiger partial charge in [0.15, 0.2) is 0 Å². The number of nitrogens with zero attached hydrogens (tertiary/aromatic N) is 3. The zero-order chi connectivity index (χ0) is 15.4. The second-order valence-electron chi connectivity index (χ2n) is 5.51. The first-order valence-corrected chi connectivity index (χ1v) is 7.50. The molecular weight excluding hydrogens is 285 g/mol. The number of halogens is 1. The maximum Gasteiger partial charge on any atom is 0.232 e. The fourth-order valence-electron chi connectivity index (χ4n) is 2.59. The Morgan fingerprint density at radius 2 is 2.00 bits per heavy atom. The molecule has 0 saturated carbocycles. The molecule has 2 aromatic rings. The van der Waals surface area contributed by atoms with Crippen molar-refractivity contribution in [1.82, 2.24) is 14.8 Å². The number of carbonyl (C=O) groups is 1. The number of ether oxygens (including phenoxy) is 1. The van der Waals surface area contributed by atoms with E-state index in [1.807, 2.05) is 0 Å². The summed E-state index contributed by atoms with van der Waals surface area (Å²) in [4.78, 5) is 16.3. The highest BCUT2D eigenvalue weighted by molar-refractivity contribution is 6.06. The summed E-state index contributed by atoms with van der Waals surface area (Å²) in [5.74, 6) is 0.143. The molecule has 1 aromatic heterocycles. The first-order valence-electron chi connectivity index (χ1n) is 7.50. The van der Waals surface area contributed by atoms with Gasteiger partial charge in [0, 0.05) is 25.3 Å². The van der Waals surface area contributed by atoms with Crippen LogP contribution in [0.1, 0.15) is 35.4 Å². The Morgan fingerprint density at radius 1 is 1.27 bits per heavy atom. The van der Waals surface area contributed by atoms with E-state index in [0.717, 1.165) is 39.0 Å². The van der Waals surface area contributed by atoms with Crippen molar-refractivity contribution in [2.24, 2.45) is 5.92 Å². The van der Waals surface area contributed by atoms with Gasteiger partial charge in [0.25, 0.3) is 0 Å². The quantitative estimate of drug-likeness (QED) is 0.796. The SMILES string of the molecule is O=C(c1ccc(F)cc1)c1ncn(CCC2CCOCC2)n1. The average Bonchev–Trinajstić information content (AvgIpc) is 3.03. The summed E-state index contributed by atoms with van der Waals surface area (Å²) in [6, 6.07) is 5.41. The van der Waals surface area contributed by atoms with Gasteiger partial charge in [0.1, 0.15) is 12.1 Å². The van der Waals surface area contributed by atoms with Crippen molar-refractivity contribution in [2.45, 2.75) is 25.8 Å². The topological polar surface area (TPSA) is 57.0 Å². The Labute approximate surface area is 128 Å². The third-order valence-corrected chi connectivity index (χ3v) is 3.95. The van der Waals surface area contributed by atoms with Crippen LogP contribution in [-0.2, 0) is 11.3 Å². The number of ketones is 1.